The molecule has 2 aromatic rings. The SMILES string of the molecule is CCNC(C)c1ccc(Oc2ccc(Cl)cc2Cl)cc1Cl. The van der Waals surface area contributed by atoms with Gasteiger partial charge in [0.05, 0.1) is 5.02 Å². The lowest BCUT2D eigenvalue weighted by Crippen LogP contribution is -2.17. The molecule has 2 rings (SSSR count). The first-order valence-corrected chi connectivity index (χ1v) is 7.80. The molecule has 0 saturated carbocycles. The number of hydrogen-bond donors (Lipinski definition) is 1. The van der Waals surface area contributed by atoms with E-state index >= 15 is 0 Å². The Morgan fingerprint density at radius 1 is 1.05 bits per heavy atom. The predicted octanol–water partition coefficient (Wildman–Crippen LogP) is 6.11. The Hall–Kier alpha value is -0.930. The van der Waals surface area contributed by atoms with Gasteiger partial charge in [0.2, 0.25) is 0 Å². The molecule has 0 amide bonds. The molecule has 1 N–H and O–H groups in total. The van der Waals surface area contributed by atoms with Crippen molar-refractivity contribution in [3.8, 4) is 11.5 Å². The van der Waals surface area contributed by atoms with Crippen molar-refractivity contribution < 1.29 is 4.74 Å². The minimum absolute atomic E-state index is 0.190. The number of benzene rings is 2. The van der Waals surface area contributed by atoms with Crippen LogP contribution in [0.15, 0.2) is 36.4 Å². The normalized spacial score (nSPS) is 12.2. The van der Waals surface area contributed by atoms with Gasteiger partial charge in [0.1, 0.15) is 11.5 Å². The molecule has 0 aliphatic rings. The third-order valence-corrected chi connectivity index (χ3v) is 3.93. The van der Waals surface area contributed by atoms with Crippen molar-refractivity contribution in [2.45, 2.75) is 19.9 Å². The molecule has 1 atom stereocenters. The molecule has 0 bridgehead atoms. The molecule has 0 aliphatic heterocycles. The van der Waals surface area contributed by atoms with E-state index in [2.05, 4.69) is 19.2 Å². The van der Waals surface area contributed by atoms with Gasteiger partial charge in [-0.2, -0.15) is 0 Å². The number of halogens is 3. The Kier molecular flexibility index (Phi) is 5.77. The van der Waals surface area contributed by atoms with Gasteiger partial charge in [-0.1, -0.05) is 47.8 Å². The zero-order valence-corrected chi connectivity index (χ0v) is 14.1. The molecular formula is C16H16Cl3NO. The van der Waals surface area contributed by atoms with E-state index in [1.54, 1.807) is 24.3 Å². The van der Waals surface area contributed by atoms with Crippen LogP contribution in [-0.4, -0.2) is 6.54 Å². The van der Waals surface area contributed by atoms with Gasteiger partial charge in [-0.05, 0) is 49.4 Å². The highest BCUT2D eigenvalue weighted by Crippen LogP contribution is 2.34. The topological polar surface area (TPSA) is 21.3 Å². The summed E-state index contributed by atoms with van der Waals surface area (Å²) in [4.78, 5) is 0. The van der Waals surface area contributed by atoms with Crippen LogP contribution in [0.2, 0.25) is 15.1 Å². The standard InChI is InChI=1S/C16H16Cl3NO/c1-3-20-10(2)13-6-5-12(9-14(13)18)21-16-7-4-11(17)8-15(16)19/h4-10,20H,3H2,1-2H3. The average molecular weight is 345 g/mol. The molecule has 1 unspecified atom stereocenters. The fourth-order valence-electron chi connectivity index (χ4n) is 2.02. The second-order valence-corrected chi connectivity index (χ2v) is 5.89. The van der Waals surface area contributed by atoms with Gasteiger partial charge in [0.15, 0.2) is 0 Å². The fraction of sp³-hybridized carbons (Fsp3) is 0.250. The van der Waals surface area contributed by atoms with E-state index in [4.69, 9.17) is 39.5 Å². The maximum atomic E-state index is 6.32. The highest BCUT2D eigenvalue weighted by molar-refractivity contribution is 6.35. The molecule has 0 aromatic heterocycles. The average Bonchev–Trinajstić information content (AvgIpc) is 2.42. The van der Waals surface area contributed by atoms with Crippen LogP contribution in [0.25, 0.3) is 0 Å². The molecule has 0 aliphatic carbocycles. The van der Waals surface area contributed by atoms with Crippen molar-refractivity contribution in [3.05, 3.63) is 57.0 Å². The van der Waals surface area contributed by atoms with E-state index in [9.17, 15) is 0 Å². The Labute approximate surface area is 140 Å². The van der Waals surface area contributed by atoms with E-state index in [0.717, 1.165) is 12.1 Å². The quantitative estimate of drug-likeness (QED) is 0.706. The van der Waals surface area contributed by atoms with E-state index < -0.39 is 0 Å². The van der Waals surface area contributed by atoms with Crippen molar-refractivity contribution in [2.75, 3.05) is 6.54 Å². The van der Waals surface area contributed by atoms with Crippen LogP contribution < -0.4 is 10.1 Å². The fourth-order valence-corrected chi connectivity index (χ4v) is 2.80. The van der Waals surface area contributed by atoms with Gasteiger partial charge < -0.3 is 10.1 Å². The Balaban J connectivity index is 2.20. The summed E-state index contributed by atoms with van der Waals surface area (Å²) < 4.78 is 5.74. The molecule has 112 valence electrons. The second kappa shape index (κ2) is 7.37. The summed E-state index contributed by atoms with van der Waals surface area (Å²) >= 11 is 18.3. The maximum Gasteiger partial charge on any atom is 0.146 e. The minimum atomic E-state index is 0.190. The first-order chi connectivity index (χ1) is 10.0. The highest BCUT2D eigenvalue weighted by Gasteiger charge is 2.11. The molecule has 0 saturated heterocycles. The number of ether oxygens (including phenoxy) is 1. The summed E-state index contributed by atoms with van der Waals surface area (Å²) in [5.41, 5.74) is 1.04. The van der Waals surface area contributed by atoms with Crippen LogP contribution in [0.5, 0.6) is 11.5 Å². The summed E-state index contributed by atoms with van der Waals surface area (Å²) in [6.45, 7) is 5.02. The lowest BCUT2D eigenvalue weighted by molar-refractivity contribution is 0.482. The second-order valence-electron chi connectivity index (χ2n) is 4.64. The van der Waals surface area contributed by atoms with E-state index in [-0.39, 0.29) is 6.04 Å². The summed E-state index contributed by atoms with van der Waals surface area (Å²) in [7, 11) is 0. The van der Waals surface area contributed by atoms with Crippen LogP contribution in [-0.2, 0) is 0 Å². The zero-order valence-electron chi connectivity index (χ0n) is 11.8. The Morgan fingerprint density at radius 3 is 2.43 bits per heavy atom. The molecule has 2 nitrogen and oxygen atoms in total. The van der Waals surface area contributed by atoms with Gasteiger partial charge >= 0.3 is 0 Å². The molecule has 0 heterocycles. The van der Waals surface area contributed by atoms with Crippen LogP contribution in [0.3, 0.4) is 0 Å². The summed E-state index contributed by atoms with van der Waals surface area (Å²) in [5.74, 6) is 1.18. The maximum absolute atomic E-state index is 6.32. The van der Waals surface area contributed by atoms with E-state index in [1.165, 1.54) is 0 Å². The van der Waals surface area contributed by atoms with Crippen LogP contribution in [0, 0.1) is 0 Å². The molecule has 2 aromatic carbocycles. The number of rotatable bonds is 5. The highest BCUT2D eigenvalue weighted by atomic mass is 35.5. The Morgan fingerprint density at radius 2 is 1.81 bits per heavy atom. The van der Waals surface area contributed by atoms with Gasteiger partial charge in [0.25, 0.3) is 0 Å². The summed E-state index contributed by atoms with van der Waals surface area (Å²) in [5, 5.41) is 5.02. The predicted molar refractivity (Wildman–Crippen MR) is 90.1 cm³/mol. The van der Waals surface area contributed by atoms with E-state index in [0.29, 0.717) is 26.6 Å². The number of hydrogen-bond acceptors (Lipinski definition) is 2. The van der Waals surface area contributed by atoms with Crippen LogP contribution >= 0.6 is 34.8 Å². The van der Waals surface area contributed by atoms with Crippen molar-refractivity contribution in [1.82, 2.24) is 5.32 Å². The molecule has 5 heteroatoms. The third-order valence-electron chi connectivity index (χ3n) is 3.07. The van der Waals surface area contributed by atoms with Crippen molar-refractivity contribution in [2.24, 2.45) is 0 Å². The molecule has 0 radical (unpaired) electrons. The van der Waals surface area contributed by atoms with Gasteiger partial charge in [-0.15, -0.1) is 0 Å². The minimum Gasteiger partial charge on any atom is -0.456 e. The lowest BCUT2D eigenvalue weighted by atomic mass is 10.1. The van der Waals surface area contributed by atoms with Crippen LogP contribution in [0.4, 0.5) is 0 Å². The first-order valence-electron chi connectivity index (χ1n) is 6.67. The van der Waals surface area contributed by atoms with Gasteiger partial charge in [-0.25, -0.2) is 0 Å². The summed E-state index contributed by atoms with van der Waals surface area (Å²) in [6, 6.07) is 10.9. The zero-order chi connectivity index (χ0) is 15.4. The van der Waals surface area contributed by atoms with Crippen molar-refractivity contribution in [3.63, 3.8) is 0 Å². The largest absolute Gasteiger partial charge is 0.456 e. The molecule has 21 heavy (non-hydrogen) atoms. The lowest BCUT2D eigenvalue weighted by Gasteiger charge is -2.15. The molecule has 0 fully saturated rings. The van der Waals surface area contributed by atoms with E-state index in [1.807, 2.05) is 12.1 Å². The van der Waals surface area contributed by atoms with Crippen molar-refractivity contribution in [1.29, 1.82) is 0 Å². The monoisotopic (exact) mass is 343 g/mol. The number of nitrogens with one attached hydrogen (secondary N) is 1. The smallest absolute Gasteiger partial charge is 0.146 e. The van der Waals surface area contributed by atoms with Crippen LogP contribution in [0.1, 0.15) is 25.5 Å². The van der Waals surface area contributed by atoms with Gasteiger partial charge in [0, 0.05) is 16.1 Å². The first kappa shape index (κ1) is 16.4. The third kappa shape index (κ3) is 4.27. The van der Waals surface area contributed by atoms with Crippen molar-refractivity contribution >= 4 is 34.8 Å². The van der Waals surface area contributed by atoms with Gasteiger partial charge in [-0.3, -0.25) is 0 Å². The molecular weight excluding hydrogens is 329 g/mol. The molecule has 0 spiro atoms. The Bertz CT molecular complexity index is 631. The summed E-state index contributed by atoms with van der Waals surface area (Å²) in [6.07, 6.45) is 0.